The van der Waals surface area contributed by atoms with Gasteiger partial charge in [0.1, 0.15) is 0 Å². The zero-order chi connectivity index (χ0) is 10.6. The van der Waals surface area contributed by atoms with Crippen molar-refractivity contribution in [3.8, 4) is 0 Å². The third-order valence-electron chi connectivity index (χ3n) is 3.11. The lowest BCUT2D eigenvalue weighted by Gasteiger charge is -2.29. The highest BCUT2D eigenvalue weighted by Gasteiger charge is 2.22. The second-order valence-corrected chi connectivity index (χ2v) is 4.22. The average Bonchev–Trinajstić information content (AvgIpc) is 2.14. The van der Waals surface area contributed by atoms with Crippen LogP contribution in [-0.2, 0) is 0 Å². The summed E-state index contributed by atoms with van der Waals surface area (Å²) in [5.41, 5.74) is 2.87. The van der Waals surface area contributed by atoms with Crippen LogP contribution in [0.3, 0.4) is 0 Å². The Morgan fingerprint density at radius 3 is 1.57 bits per heavy atom. The summed E-state index contributed by atoms with van der Waals surface area (Å²) in [6.07, 6.45) is 10.4. The fourth-order valence-electron chi connectivity index (χ4n) is 1.99. The molecule has 0 radical (unpaired) electrons. The van der Waals surface area contributed by atoms with Gasteiger partial charge in [0.25, 0.3) is 0 Å². The van der Waals surface area contributed by atoms with Crippen molar-refractivity contribution < 1.29 is 0 Å². The number of hydrogen-bond acceptors (Lipinski definition) is 0. The Kier molecular flexibility index (Phi) is 3.94. The average molecular weight is 188 g/mol. The molecule has 1 aliphatic carbocycles. The molecule has 76 valence electrons. The SMILES string of the molecule is C=CC=C1CC(C)C(C)CC1=CC=C. The Morgan fingerprint density at radius 1 is 0.929 bits per heavy atom. The second kappa shape index (κ2) is 4.99. The first-order chi connectivity index (χ1) is 6.69. The summed E-state index contributed by atoms with van der Waals surface area (Å²) >= 11 is 0. The van der Waals surface area contributed by atoms with Crippen LogP contribution in [-0.4, -0.2) is 0 Å². The van der Waals surface area contributed by atoms with Crippen molar-refractivity contribution in [1.29, 1.82) is 0 Å². The van der Waals surface area contributed by atoms with Crippen LogP contribution in [0, 0.1) is 11.8 Å². The maximum Gasteiger partial charge on any atom is -0.0248 e. The predicted molar refractivity (Wildman–Crippen MR) is 64.1 cm³/mol. The topological polar surface area (TPSA) is 0 Å². The molecule has 0 heterocycles. The summed E-state index contributed by atoms with van der Waals surface area (Å²) in [6, 6.07) is 0. The zero-order valence-corrected chi connectivity index (χ0v) is 9.29. The third kappa shape index (κ3) is 2.47. The van der Waals surface area contributed by atoms with Crippen LogP contribution in [0.15, 0.2) is 48.6 Å². The van der Waals surface area contributed by atoms with Crippen LogP contribution >= 0.6 is 0 Å². The molecule has 0 bridgehead atoms. The fourth-order valence-corrected chi connectivity index (χ4v) is 1.99. The second-order valence-electron chi connectivity index (χ2n) is 4.22. The van der Waals surface area contributed by atoms with E-state index in [-0.39, 0.29) is 0 Å². The van der Waals surface area contributed by atoms with E-state index < -0.39 is 0 Å². The maximum atomic E-state index is 3.76. The minimum atomic E-state index is 0.781. The Bertz CT molecular complexity index is 248. The van der Waals surface area contributed by atoms with Crippen molar-refractivity contribution in [3.63, 3.8) is 0 Å². The quantitative estimate of drug-likeness (QED) is 0.607. The Balaban J connectivity index is 2.91. The van der Waals surface area contributed by atoms with Gasteiger partial charge in [0, 0.05) is 0 Å². The van der Waals surface area contributed by atoms with Gasteiger partial charge in [-0.1, -0.05) is 51.3 Å². The molecule has 0 N–H and O–H groups in total. The monoisotopic (exact) mass is 188 g/mol. The normalized spacial score (nSPS) is 33.3. The summed E-state index contributed by atoms with van der Waals surface area (Å²) < 4.78 is 0. The highest BCUT2D eigenvalue weighted by atomic mass is 14.3. The summed E-state index contributed by atoms with van der Waals surface area (Å²) in [5.74, 6) is 1.56. The smallest absolute Gasteiger partial charge is 0.0248 e. The van der Waals surface area contributed by atoms with E-state index >= 15 is 0 Å². The van der Waals surface area contributed by atoms with E-state index in [1.165, 1.54) is 24.0 Å². The van der Waals surface area contributed by atoms with Crippen molar-refractivity contribution in [2.45, 2.75) is 26.7 Å². The van der Waals surface area contributed by atoms with Crippen molar-refractivity contribution in [1.82, 2.24) is 0 Å². The molecule has 1 rings (SSSR count). The van der Waals surface area contributed by atoms with Crippen molar-refractivity contribution in [2.24, 2.45) is 11.8 Å². The summed E-state index contributed by atoms with van der Waals surface area (Å²) in [7, 11) is 0. The molecule has 0 spiro atoms. The zero-order valence-electron chi connectivity index (χ0n) is 9.29. The van der Waals surface area contributed by atoms with E-state index in [0.29, 0.717) is 0 Å². The first kappa shape index (κ1) is 11.0. The highest BCUT2D eigenvalue weighted by Crippen LogP contribution is 2.36. The van der Waals surface area contributed by atoms with Crippen molar-refractivity contribution >= 4 is 0 Å². The molecule has 1 saturated carbocycles. The minimum Gasteiger partial charge on any atom is -0.0991 e. The van der Waals surface area contributed by atoms with Gasteiger partial charge in [-0.2, -0.15) is 0 Å². The molecule has 0 aromatic heterocycles. The molecule has 1 fully saturated rings. The molecule has 2 unspecified atom stereocenters. The third-order valence-corrected chi connectivity index (χ3v) is 3.11. The van der Waals surface area contributed by atoms with Crippen LogP contribution in [0.5, 0.6) is 0 Å². The molecule has 0 nitrogen and oxygen atoms in total. The summed E-state index contributed by atoms with van der Waals surface area (Å²) in [6.45, 7) is 12.2. The van der Waals surface area contributed by atoms with Gasteiger partial charge in [-0.05, 0) is 35.8 Å². The van der Waals surface area contributed by atoms with Gasteiger partial charge in [-0.25, -0.2) is 0 Å². The molecule has 0 aromatic carbocycles. The van der Waals surface area contributed by atoms with Crippen LogP contribution in [0.2, 0.25) is 0 Å². The Hall–Kier alpha value is -1.04. The lowest BCUT2D eigenvalue weighted by atomic mass is 9.76. The molecular formula is C14H20. The van der Waals surface area contributed by atoms with Crippen LogP contribution < -0.4 is 0 Å². The summed E-state index contributed by atoms with van der Waals surface area (Å²) in [4.78, 5) is 0. The molecular weight excluding hydrogens is 168 g/mol. The molecule has 0 amide bonds. The van der Waals surface area contributed by atoms with Crippen molar-refractivity contribution in [3.05, 3.63) is 48.6 Å². The number of allylic oxidation sites excluding steroid dienone is 6. The van der Waals surface area contributed by atoms with Gasteiger partial charge in [-0.15, -0.1) is 0 Å². The number of hydrogen-bond donors (Lipinski definition) is 0. The van der Waals surface area contributed by atoms with Gasteiger partial charge in [-0.3, -0.25) is 0 Å². The standard InChI is InChI=1S/C14H20/c1-5-7-13-9-11(3)12(4)10-14(13)8-6-2/h5-8,11-12H,1-2,9-10H2,3-4H3. The van der Waals surface area contributed by atoms with Crippen LogP contribution in [0.4, 0.5) is 0 Å². The first-order valence-electron chi connectivity index (χ1n) is 5.32. The van der Waals surface area contributed by atoms with Gasteiger partial charge in [0.2, 0.25) is 0 Å². The van der Waals surface area contributed by atoms with Gasteiger partial charge in [0.15, 0.2) is 0 Å². The first-order valence-corrected chi connectivity index (χ1v) is 5.32. The van der Waals surface area contributed by atoms with Crippen molar-refractivity contribution in [2.75, 3.05) is 0 Å². The van der Waals surface area contributed by atoms with E-state index in [4.69, 9.17) is 0 Å². The fraction of sp³-hybridized carbons (Fsp3) is 0.429. The van der Waals surface area contributed by atoms with E-state index in [9.17, 15) is 0 Å². The molecule has 14 heavy (non-hydrogen) atoms. The van der Waals surface area contributed by atoms with E-state index in [1.54, 1.807) is 0 Å². The molecule has 0 aliphatic heterocycles. The lowest BCUT2D eigenvalue weighted by molar-refractivity contribution is 0.358. The van der Waals surface area contributed by atoms with E-state index in [1.807, 2.05) is 12.2 Å². The minimum absolute atomic E-state index is 0.781. The summed E-state index contributed by atoms with van der Waals surface area (Å²) in [5, 5.41) is 0. The number of rotatable bonds is 2. The van der Waals surface area contributed by atoms with Crippen LogP contribution in [0.1, 0.15) is 26.7 Å². The van der Waals surface area contributed by atoms with Gasteiger partial charge >= 0.3 is 0 Å². The molecule has 1 aliphatic rings. The van der Waals surface area contributed by atoms with Gasteiger partial charge in [0.05, 0.1) is 0 Å². The van der Waals surface area contributed by atoms with E-state index in [0.717, 1.165) is 11.8 Å². The molecule has 0 heteroatoms. The predicted octanol–water partition coefficient (Wildman–Crippen LogP) is 4.28. The maximum absolute atomic E-state index is 3.76. The van der Waals surface area contributed by atoms with Gasteiger partial charge < -0.3 is 0 Å². The van der Waals surface area contributed by atoms with E-state index in [2.05, 4.69) is 39.2 Å². The lowest BCUT2D eigenvalue weighted by Crippen LogP contribution is -2.17. The largest absolute Gasteiger partial charge is 0.0991 e. The molecule has 0 aromatic rings. The highest BCUT2D eigenvalue weighted by molar-refractivity contribution is 5.37. The Labute approximate surface area is 87.7 Å². The Morgan fingerprint density at radius 2 is 1.29 bits per heavy atom. The molecule has 2 atom stereocenters. The van der Waals surface area contributed by atoms with Crippen LogP contribution in [0.25, 0.3) is 0 Å². The molecule has 0 saturated heterocycles.